The molecule has 2 heterocycles. The number of halogens is 1. The molecular weight excluding hydrogens is 390 g/mol. The molecule has 0 saturated heterocycles. The first-order chi connectivity index (χ1) is 12.0. The van der Waals surface area contributed by atoms with Gasteiger partial charge in [0.1, 0.15) is 18.2 Å². The molecule has 0 fully saturated rings. The van der Waals surface area contributed by atoms with Gasteiger partial charge in [-0.1, -0.05) is 12.1 Å². The second-order valence-electron chi connectivity index (χ2n) is 5.10. The molecule has 1 aromatic carbocycles. The molecule has 126 valence electrons. The Balaban J connectivity index is 2.03. The molecule has 25 heavy (non-hydrogen) atoms. The highest BCUT2D eigenvalue weighted by atomic mass is 79.9. The van der Waals surface area contributed by atoms with Crippen molar-refractivity contribution in [3.05, 3.63) is 67.2 Å². The van der Waals surface area contributed by atoms with Crippen molar-refractivity contribution in [1.82, 2.24) is 19.3 Å². The summed E-state index contributed by atoms with van der Waals surface area (Å²) in [7, 11) is 0. The molecule has 0 spiro atoms. The van der Waals surface area contributed by atoms with Crippen LogP contribution in [-0.2, 0) is 13.1 Å². The summed E-state index contributed by atoms with van der Waals surface area (Å²) in [6, 6.07) is 9.11. The molecule has 2 aromatic heterocycles. The summed E-state index contributed by atoms with van der Waals surface area (Å²) in [6.45, 7) is 1.87. The molecule has 0 aliphatic heterocycles. The number of rotatable bonds is 4. The highest BCUT2D eigenvalue weighted by molar-refractivity contribution is 9.10. The van der Waals surface area contributed by atoms with Crippen LogP contribution in [0.2, 0.25) is 0 Å². The van der Waals surface area contributed by atoms with Crippen molar-refractivity contribution in [3.63, 3.8) is 0 Å². The molecule has 8 nitrogen and oxygen atoms in total. The van der Waals surface area contributed by atoms with E-state index in [1.54, 1.807) is 19.1 Å². The first-order valence-corrected chi connectivity index (χ1v) is 8.16. The average Bonchev–Trinajstić information content (AvgIpc) is 3.08. The third kappa shape index (κ3) is 3.16. The van der Waals surface area contributed by atoms with Gasteiger partial charge < -0.3 is 4.42 Å². The lowest BCUT2D eigenvalue weighted by Gasteiger charge is -2.07. The molecule has 0 atom stereocenters. The van der Waals surface area contributed by atoms with E-state index in [0.717, 1.165) is 9.04 Å². The van der Waals surface area contributed by atoms with Crippen molar-refractivity contribution in [1.29, 1.82) is 5.26 Å². The zero-order valence-corrected chi connectivity index (χ0v) is 14.7. The predicted molar refractivity (Wildman–Crippen MR) is 91.9 cm³/mol. The molecule has 0 unspecified atom stereocenters. The van der Waals surface area contributed by atoms with Gasteiger partial charge in [0, 0.05) is 17.2 Å². The van der Waals surface area contributed by atoms with Gasteiger partial charge in [0.2, 0.25) is 11.8 Å². The standard InChI is InChI=1S/C16H12BrN5O3/c1-2-21-8-10(7-18)15(23)22(16(21)24)9-13-19-20-14(25-13)11-5-3-4-6-12(11)17/h3-6,8H,2,9H2,1H3. The topological polar surface area (TPSA) is 107 Å². The first kappa shape index (κ1) is 16.9. The molecule has 0 amide bonds. The molecule has 0 aliphatic carbocycles. The molecule has 0 radical (unpaired) electrons. The second kappa shape index (κ2) is 6.86. The number of aromatic nitrogens is 4. The maximum Gasteiger partial charge on any atom is 0.331 e. The zero-order valence-electron chi connectivity index (χ0n) is 13.1. The van der Waals surface area contributed by atoms with E-state index in [1.165, 1.54) is 10.8 Å². The highest BCUT2D eigenvalue weighted by Gasteiger charge is 2.16. The summed E-state index contributed by atoms with van der Waals surface area (Å²) in [5.41, 5.74) is -0.637. The smallest absolute Gasteiger partial charge is 0.331 e. The van der Waals surface area contributed by atoms with Gasteiger partial charge in [0.05, 0.1) is 5.56 Å². The summed E-state index contributed by atoms with van der Waals surface area (Å²) >= 11 is 3.40. The number of aryl methyl sites for hydroxylation is 1. The van der Waals surface area contributed by atoms with E-state index in [2.05, 4.69) is 26.1 Å². The minimum atomic E-state index is -0.683. The van der Waals surface area contributed by atoms with E-state index in [4.69, 9.17) is 9.68 Å². The summed E-state index contributed by atoms with van der Waals surface area (Å²) in [6.07, 6.45) is 1.25. The highest BCUT2D eigenvalue weighted by Crippen LogP contribution is 2.26. The Kier molecular flexibility index (Phi) is 4.63. The van der Waals surface area contributed by atoms with Gasteiger partial charge in [-0.05, 0) is 35.0 Å². The van der Waals surface area contributed by atoms with E-state index in [-0.39, 0.29) is 23.9 Å². The summed E-state index contributed by atoms with van der Waals surface area (Å²) in [4.78, 5) is 24.6. The Morgan fingerprint density at radius 2 is 2.04 bits per heavy atom. The Hall–Kier alpha value is -2.99. The van der Waals surface area contributed by atoms with Gasteiger partial charge in [0.25, 0.3) is 5.56 Å². The zero-order chi connectivity index (χ0) is 18.0. The molecule has 0 aliphatic rings. The lowest BCUT2D eigenvalue weighted by atomic mass is 10.2. The largest absolute Gasteiger partial charge is 0.419 e. The van der Waals surface area contributed by atoms with Crippen LogP contribution in [0.4, 0.5) is 0 Å². The maximum absolute atomic E-state index is 12.3. The predicted octanol–water partition coefficient (Wildman–Crippen LogP) is 1.76. The minimum absolute atomic E-state index is 0.0997. The minimum Gasteiger partial charge on any atom is -0.419 e. The molecule has 3 rings (SSSR count). The van der Waals surface area contributed by atoms with Gasteiger partial charge in [-0.15, -0.1) is 10.2 Å². The quantitative estimate of drug-likeness (QED) is 0.658. The molecule has 3 aromatic rings. The monoisotopic (exact) mass is 401 g/mol. The summed E-state index contributed by atoms with van der Waals surface area (Å²) < 4.78 is 8.55. The van der Waals surface area contributed by atoms with E-state index in [9.17, 15) is 9.59 Å². The fourth-order valence-corrected chi connectivity index (χ4v) is 2.75. The van der Waals surface area contributed by atoms with Gasteiger partial charge in [-0.25, -0.2) is 9.36 Å². The van der Waals surface area contributed by atoms with Crippen LogP contribution in [-0.4, -0.2) is 19.3 Å². The number of benzene rings is 1. The van der Waals surface area contributed by atoms with Crippen LogP contribution in [0.5, 0.6) is 0 Å². The lowest BCUT2D eigenvalue weighted by Crippen LogP contribution is -2.41. The van der Waals surface area contributed by atoms with E-state index in [0.29, 0.717) is 12.1 Å². The molecule has 9 heteroatoms. The van der Waals surface area contributed by atoms with Gasteiger partial charge in [0.15, 0.2) is 0 Å². The molecule has 0 bridgehead atoms. The molecular formula is C16H12BrN5O3. The summed E-state index contributed by atoms with van der Waals surface area (Å²) in [5.74, 6) is 0.366. The van der Waals surface area contributed by atoms with Crippen LogP contribution in [0.1, 0.15) is 18.4 Å². The van der Waals surface area contributed by atoms with E-state index >= 15 is 0 Å². The Labute approximate surface area is 150 Å². The van der Waals surface area contributed by atoms with Crippen molar-refractivity contribution in [2.45, 2.75) is 20.0 Å². The number of hydrogen-bond donors (Lipinski definition) is 0. The van der Waals surface area contributed by atoms with Gasteiger partial charge in [-0.3, -0.25) is 9.36 Å². The van der Waals surface area contributed by atoms with Crippen LogP contribution in [0.25, 0.3) is 11.5 Å². The van der Waals surface area contributed by atoms with Crippen molar-refractivity contribution in [2.75, 3.05) is 0 Å². The van der Waals surface area contributed by atoms with Crippen molar-refractivity contribution in [3.8, 4) is 17.5 Å². The van der Waals surface area contributed by atoms with Crippen molar-refractivity contribution >= 4 is 15.9 Å². The van der Waals surface area contributed by atoms with E-state index in [1.807, 2.05) is 18.2 Å². The Morgan fingerprint density at radius 1 is 1.28 bits per heavy atom. The van der Waals surface area contributed by atoms with Crippen LogP contribution in [0.15, 0.2) is 48.9 Å². The van der Waals surface area contributed by atoms with Gasteiger partial charge in [-0.2, -0.15) is 5.26 Å². The van der Waals surface area contributed by atoms with Crippen molar-refractivity contribution in [2.24, 2.45) is 0 Å². The Bertz CT molecular complexity index is 1090. The van der Waals surface area contributed by atoms with E-state index < -0.39 is 11.2 Å². The normalized spacial score (nSPS) is 10.6. The fourth-order valence-electron chi connectivity index (χ4n) is 2.29. The number of hydrogen-bond acceptors (Lipinski definition) is 6. The second-order valence-corrected chi connectivity index (χ2v) is 5.95. The third-order valence-corrected chi connectivity index (χ3v) is 4.25. The van der Waals surface area contributed by atoms with Crippen LogP contribution in [0, 0.1) is 11.3 Å². The average molecular weight is 402 g/mol. The van der Waals surface area contributed by atoms with Crippen LogP contribution in [0.3, 0.4) is 0 Å². The Morgan fingerprint density at radius 3 is 2.72 bits per heavy atom. The lowest BCUT2D eigenvalue weighted by molar-refractivity contribution is 0.468. The number of nitrogens with zero attached hydrogens (tertiary/aromatic N) is 5. The summed E-state index contributed by atoms with van der Waals surface area (Å²) in [5, 5.41) is 16.9. The first-order valence-electron chi connectivity index (χ1n) is 7.36. The molecule has 0 N–H and O–H groups in total. The third-order valence-electron chi connectivity index (χ3n) is 3.56. The van der Waals surface area contributed by atoms with Crippen molar-refractivity contribution < 1.29 is 4.42 Å². The van der Waals surface area contributed by atoms with Crippen LogP contribution < -0.4 is 11.2 Å². The number of nitriles is 1. The molecule has 0 saturated carbocycles. The SMILES string of the molecule is CCn1cc(C#N)c(=O)n(Cc2nnc(-c3ccccc3Br)o2)c1=O. The van der Waals surface area contributed by atoms with Crippen LogP contribution >= 0.6 is 15.9 Å². The van der Waals surface area contributed by atoms with Gasteiger partial charge >= 0.3 is 5.69 Å². The maximum atomic E-state index is 12.3. The fraction of sp³-hybridized carbons (Fsp3) is 0.188.